The van der Waals surface area contributed by atoms with E-state index < -0.39 is 0 Å². The van der Waals surface area contributed by atoms with Crippen LogP contribution in [0.4, 0.5) is 11.8 Å². The predicted octanol–water partition coefficient (Wildman–Crippen LogP) is 1.15. The Labute approximate surface area is 173 Å². The molecule has 0 atom stereocenters. The fraction of sp³-hybridized carbons (Fsp3) is 0.762. The van der Waals surface area contributed by atoms with Crippen molar-refractivity contribution < 1.29 is 9.53 Å². The van der Waals surface area contributed by atoms with Gasteiger partial charge in [0.2, 0.25) is 11.9 Å². The highest BCUT2D eigenvalue weighted by Crippen LogP contribution is 2.20. The molecule has 0 aliphatic carbocycles. The van der Waals surface area contributed by atoms with Gasteiger partial charge in [0.25, 0.3) is 0 Å². The van der Waals surface area contributed by atoms with Gasteiger partial charge in [-0.25, -0.2) is 4.98 Å². The van der Waals surface area contributed by atoms with Crippen LogP contribution in [0.25, 0.3) is 0 Å². The molecule has 0 spiro atoms. The van der Waals surface area contributed by atoms with E-state index in [4.69, 9.17) is 9.72 Å². The Morgan fingerprint density at radius 3 is 2.28 bits per heavy atom. The second-order valence-corrected chi connectivity index (χ2v) is 8.33. The summed E-state index contributed by atoms with van der Waals surface area (Å²) in [5.41, 5.74) is 0.996. The van der Waals surface area contributed by atoms with E-state index >= 15 is 0 Å². The largest absolute Gasteiger partial charge is 0.378 e. The fourth-order valence-corrected chi connectivity index (χ4v) is 4.35. The third kappa shape index (κ3) is 5.36. The Hall–Kier alpha value is -1.93. The zero-order valence-electron chi connectivity index (χ0n) is 17.7. The van der Waals surface area contributed by atoms with Gasteiger partial charge < -0.3 is 19.4 Å². The normalized spacial score (nSPS) is 21.9. The molecule has 0 aromatic carbocycles. The molecule has 29 heavy (non-hydrogen) atoms. The molecule has 0 saturated carbocycles. The molecule has 3 saturated heterocycles. The smallest absolute Gasteiger partial charge is 0.236 e. The number of aromatic nitrogens is 2. The Morgan fingerprint density at radius 2 is 1.59 bits per heavy atom. The summed E-state index contributed by atoms with van der Waals surface area (Å²) in [6, 6.07) is 2.06. The monoisotopic (exact) mass is 402 g/mol. The van der Waals surface area contributed by atoms with E-state index in [-0.39, 0.29) is 0 Å². The minimum absolute atomic E-state index is 0.293. The van der Waals surface area contributed by atoms with Crippen LogP contribution in [0, 0.1) is 6.92 Å². The third-order valence-corrected chi connectivity index (χ3v) is 6.14. The van der Waals surface area contributed by atoms with E-state index in [1.807, 2.05) is 6.92 Å². The zero-order valence-corrected chi connectivity index (χ0v) is 17.7. The van der Waals surface area contributed by atoms with Gasteiger partial charge in [0, 0.05) is 64.1 Å². The number of rotatable bonds is 4. The van der Waals surface area contributed by atoms with Gasteiger partial charge in [0.15, 0.2) is 0 Å². The summed E-state index contributed by atoms with van der Waals surface area (Å²) < 4.78 is 5.46. The molecule has 3 fully saturated rings. The summed E-state index contributed by atoms with van der Waals surface area (Å²) in [5, 5.41) is 0. The maximum Gasteiger partial charge on any atom is 0.236 e. The lowest BCUT2D eigenvalue weighted by molar-refractivity contribution is -0.132. The highest BCUT2D eigenvalue weighted by Gasteiger charge is 2.24. The van der Waals surface area contributed by atoms with Gasteiger partial charge in [-0.2, -0.15) is 4.98 Å². The zero-order chi connectivity index (χ0) is 20.1. The van der Waals surface area contributed by atoms with E-state index in [1.165, 1.54) is 12.8 Å². The van der Waals surface area contributed by atoms with Crippen molar-refractivity contribution in [1.29, 1.82) is 0 Å². The number of hydrogen-bond acceptors (Lipinski definition) is 7. The quantitative estimate of drug-likeness (QED) is 0.748. The van der Waals surface area contributed by atoms with Crippen molar-refractivity contribution in [3.63, 3.8) is 0 Å². The van der Waals surface area contributed by atoms with Crippen LogP contribution in [0.15, 0.2) is 6.07 Å². The number of carbonyl (C=O) groups excluding carboxylic acids is 1. The number of piperazine rings is 1. The van der Waals surface area contributed by atoms with E-state index in [9.17, 15) is 4.79 Å². The van der Waals surface area contributed by atoms with Gasteiger partial charge in [0.1, 0.15) is 5.82 Å². The molecule has 4 heterocycles. The van der Waals surface area contributed by atoms with Gasteiger partial charge >= 0.3 is 0 Å². The molecule has 0 N–H and O–H groups in total. The first-order valence-electron chi connectivity index (χ1n) is 11.1. The Morgan fingerprint density at radius 1 is 0.897 bits per heavy atom. The third-order valence-electron chi connectivity index (χ3n) is 6.14. The summed E-state index contributed by atoms with van der Waals surface area (Å²) in [6.45, 7) is 11.2. The van der Waals surface area contributed by atoms with Crippen LogP contribution >= 0.6 is 0 Å². The molecule has 0 bridgehead atoms. The molecule has 0 radical (unpaired) electrons. The Kier molecular flexibility index (Phi) is 6.82. The summed E-state index contributed by atoms with van der Waals surface area (Å²) in [4.78, 5) is 31.1. The first-order chi connectivity index (χ1) is 14.2. The molecule has 8 heteroatoms. The van der Waals surface area contributed by atoms with Crippen molar-refractivity contribution >= 4 is 17.7 Å². The molecule has 8 nitrogen and oxygen atoms in total. The topological polar surface area (TPSA) is 65.0 Å². The van der Waals surface area contributed by atoms with Crippen molar-refractivity contribution in [2.45, 2.75) is 32.6 Å². The first kappa shape index (κ1) is 20.3. The molecule has 1 aromatic rings. The number of likely N-dealkylation sites (tertiary alicyclic amines) is 1. The first-order valence-corrected chi connectivity index (χ1v) is 11.1. The van der Waals surface area contributed by atoms with Crippen molar-refractivity contribution in [3.8, 4) is 0 Å². The van der Waals surface area contributed by atoms with E-state index in [0.29, 0.717) is 12.5 Å². The highest BCUT2D eigenvalue weighted by atomic mass is 16.5. The lowest BCUT2D eigenvalue weighted by atomic mass is 10.2. The lowest BCUT2D eigenvalue weighted by Crippen LogP contribution is -2.50. The van der Waals surface area contributed by atoms with Crippen LogP contribution in [0.2, 0.25) is 0 Å². The van der Waals surface area contributed by atoms with Crippen LogP contribution in [-0.4, -0.2) is 97.8 Å². The number of hydrogen-bond donors (Lipinski definition) is 0. The molecule has 0 unspecified atom stereocenters. The van der Waals surface area contributed by atoms with Crippen molar-refractivity contribution in [3.05, 3.63) is 11.8 Å². The number of carbonyl (C=O) groups is 1. The second kappa shape index (κ2) is 9.71. The SMILES string of the molecule is Cc1cc(N2CCOCC2)nc(N2CCN(CC(=O)N3CCCCCC3)CC2)n1. The van der Waals surface area contributed by atoms with Gasteiger partial charge in [-0.1, -0.05) is 12.8 Å². The molecule has 4 rings (SSSR count). The average Bonchev–Trinajstić information content (AvgIpc) is 3.04. The van der Waals surface area contributed by atoms with Crippen LogP contribution in [-0.2, 0) is 9.53 Å². The van der Waals surface area contributed by atoms with Crippen LogP contribution in [0.5, 0.6) is 0 Å². The molecule has 3 aliphatic rings. The van der Waals surface area contributed by atoms with Gasteiger partial charge in [0.05, 0.1) is 19.8 Å². The van der Waals surface area contributed by atoms with Gasteiger partial charge in [-0.3, -0.25) is 9.69 Å². The minimum Gasteiger partial charge on any atom is -0.378 e. The molecular weight excluding hydrogens is 368 g/mol. The van der Waals surface area contributed by atoms with E-state index in [0.717, 1.165) is 95.9 Å². The summed E-state index contributed by atoms with van der Waals surface area (Å²) in [6.07, 6.45) is 4.81. The summed E-state index contributed by atoms with van der Waals surface area (Å²) in [7, 11) is 0. The number of anilines is 2. The fourth-order valence-electron chi connectivity index (χ4n) is 4.35. The number of morpholine rings is 1. The number of amides is 1. The summed E-state index contributed by atoms with van der Waals surface area (Å²) >= 11 is 0. The number of ether oxygens (including phenoxy) is 1. The average molecular weight is 403 g/mol. The molecule has 1 aromatic heterocycles. The minimum atomic E-state index is 0.293. The maximum atomic E-state index is 12.7. The molecule has 1 amide bonds. The van der Waals surface area contributed by atoms with Gasteiger partial charge in [-0.05, 0) is 19.8 Å². The van der Waals surface area contributed by atoms with E-state index in [1.54, 1.807) is 0 Å². The van der Waals surface area contributed by atoms with Crippen LogP contribution < -0.4 is 9.80 Å². The van der Waals surface area contributed by atoms with Crippen LogP contribution in [0.1, 0.15) is 31.4 Å². The number of aryl methyl sites for hydroxylation is 1. The van der Waals surface area contributed by atoms with Gasteiger partial charge in [-0.15, -0.1) is 0 Å². The van der Waals surface area contributed by atoms with Crippen molar-refractivity contribution in [2.75, 3.05) is 81.9 Å². The van der Waals surface area contributed by atoms with Crippen LogP contribution in [0.3, 0.4) is 0 Å². The molecule has 3 aliphatic heterocycles. The Balaban J connectivity index is 1.32. The highest BCUT2D eigenvalue weighted by molar-refractivity contribution is 5.78. The maximum absolute atomic E-state index is 12.7. The Bertz CT molecular complexity index is 678. The number of nitrogens with zero attached hydrogens (tertiary/aromatic N) is 6. The van der Waals surface area contributed by atoms with Crippen molar-refractivity contribution in [1.82, 2.24) is 19.8 Å². The van der Waals surface area contributed by atoms with Crippen molar-refractivity contribution in [2.24, 2.45) is 0 Å². The van der Waals surface area contributed by atoms with E-state index in [2.05, 4.69) is 30.6 Å². The summed E-state index contributed by atoms with van der Waals surface area (Å²) in [5.74, 6) is 2.10. The lowest BCUT2D eigenvalue weighted by Gasteiger charge is -2.36. The standard InChI is InChI=1S/C21H34N6O2/c1-18-16-19(25-12-14-29-15-13-25)23-21(22-18)27-10-8-24(9-11-27)17-20(28)26-6-4-2-3-5-7-26/h16H,2-15,17H2,1H3. The second-order valence-electron chi connectivity index (χ2n) is 8.33. The molecular formula is C21H34N6O2. The predicted molar refractivity (Wildman–Crippen MR) is 114 cm³/mol. The molecule has 160 valence electrons.